The number of aryl methyl sites for hydroxylation is 1. The van der Waals surface area contributed by atoms with Gasteiger partial charge in [0.25, 0.3) is 0 Å². The van der Waals surface area contributed by atoms with E-state index in [-0.39, 0.29) is 11.4 Å². The number of aromatic hydroxyl groups is 1. The standard InChI is InChI=1S/C21H24N2O3S/c1-2-15-10-18-16(11-21(25)26-20(18)12-19(15)24)13-22-5-7-23(8-6-22)14-17-4-3-9-27-17/h3-4,9-12,24H,2,5-8,13-14H2,1H3. The molecule has 1 aliphatic heterocycles. The number of nitrogens with zero attached hydrogens (tertiary/aromatic N) is 2. The van der Waals surface area contributed by atoms with Crippen LogP contribution in [0.4, 0.5) is 0 Å². The van der Waals surface area contributed by atoms with Crippen LogP contribution in [-0.2, 0) is 19.5 Å². The molecule has 3 aromatic rings. The van der Waals surface area contributed by atoms with Crippen LogP contribution in [0.15, 0.2) is 44.9 Å². The van der Waals surface area contributed by atoms with Gasteiger partial charge in [0.15, 0.2) is 0 Å². The first-order chi connectivity index (χ1) is 13.1. The summed E-state index contributed by atoms with van der Waals surface area (Å²) >= 11 is 1.81. The number of hydrogen-bond acceptors (Lipinski definition) is 6. The lowest BCUT2D eigenvalue weighted by Gasteiger charge is -2.34. The van der Waals surface area contributed by atoms with Crippen molar-refractivity contribution in [1.82, 2.24) is 9.80 Å². The van der Waals surface area contributed by atoms with Gasteiger partial charge in [0.2, 0.25) is 0 Å². The molecule has 5 nitrogen and oxygen atoms in total. The summed E-state index contributed by atoms with van der Waals surface area (Å²) in [5, 5.41) is 13.1. The van der Waals surface area contributed by atoms with E-state index in [1.54, 1.807) is 23.5 Å². The molecule has 1 saturated heterocycles. The van der Waals surface area contributed by atoms with E-state index in [0.29, 0.717) is 5.58 Å². The number of benzene rings is 1. The van der Waals surface area contributed by atoms with Crippen molar-refractivity contribution in [2.75, 3.05) is 26.2 Å². The molecule has 1 aromatic carbocycles. The first-order valence-electron chi connectivity index (χ1n) is 9.38. The van der Waals surface area contributed by atoms with Crippen molar-refractivity contribution < 1.29 is 9.52 Å². The number of hydrogen-bond donors (Lipinski definition) is 1. The number of piperazine rings is 1. The third-order valence-electron chi connectivity index (χ3n) is 5.23. The Kier molecular flexibility index (Phi) is 5.29. The molecule has 1 N–H and O–H groups in total. The molecule has 2 aromatic heterocycles. The van der Waals surface area contributed by atoms with Crippen molar-refractivity contribution in [3.05, 3.63) is 62.1 Å². The minimum absolute atomic E-state index is 0.187. The Hall–Kier alpha value is -2.15. The topological polar surface area (TPSA) is 56.9 Å². The normalized spacial score (nSPS) is 16.2. The van der Waals surface area contributed by atoms with Crippen LogP contribution < -0.4 is 5.63 Å². The Morgan fingerprint density at radius 2 is 1.81 bits per heavy atom. The lowest BCUT2D eigenvalue weighted by molar-refractivity contribution is 0.123. The second-order valence-corrected chi connectivity index (χ2v) is 8.09. The molecule has 0 aliphatic carbocycles. The summed E-state index contributed by atoms with van der Waals surface area (Å²) in [5.74, 6) is 0.187. The highest BCUT2D eigenvalue weighted by Crippen LogP contribution is 2.27. The maximum atomic E-state index is 12.0. The highest BCUT2D eigenvalue weighted by atomic mass is 32.1. The molecule has 0 amide bonds. The van der Waals surface area contributed by atoms with Crippen molar-refractivity contribution in [2.45, 2.75) is 26.4 Å². The SMILES string of the molecule is CCc1cc2c(CN3CCN(Cc4cccs4)CC3)cc(=O)oc2cc1O. The third-order valence-corrected chi connectivity index (χ3v) is 6.09. The molecule has 4 rings (SSSR count). The molecule has 142 valence electrons. The average molecular weight is 385 g/mol. The van der Waals surface area contributed by atoms with Gasteiger partial charge in [-0.2, -0.15) is 0 Å². The summed E-state index contributed by atoms with van der Waals surface area (Å²) < 4.78 is 5.31. The van der Waals surface area contributed by atoms with E-state index >= 15 is 0 Å². The minimum Gasteiger partial charge on any atom is -0.508 e. The van der Waals surface area contributed by atoms with Crippen LogP contribution in [0.5, 0.6) is 5.75 Å². The second kappa shape index (κ2) is 7.84. The average Bonchev–Trinajstić information content (AvgIpc) is 3.16. The van der Waals surface area contributed by atoms with E-state index in [0.717, 1.165) is 62.2 Å². The fourth-order valence-electron chi connectivity index (χ4n) is 3.69. The van der Waals surface area contributed by atoms with Crippen LogP contribution in [0.25, 0.3) is 11.0 Å². The number of rotatable bonds is 5. The lowest BCUT2D eigenvalue weighted by Crippen LogP contribution is -2.45. The maximum Gasteiger partial charge on any atom is 0.336 e. The Bertz CT molecular complexity index is 973. The van der Waals surface area contributed by atoms with Crippen LogP contribution in [0.2, 0.25) is 0 Å². The predicted octanol–water partition coefficient (Wildman–Crippen LogP) is 3.44. The van der Waals surface area contributed by atoms with Gasteiger partial charge in [-0.25, -0.2) is 4.79 Å². The molecule has 0 radical (unpaired) electrons. The van der Waals surface area contributed by atoms with E-state index in [1.807, 2.05) is 13.0 Å². The zero-order chi connectivity index (χ0) is 18.8. The van der Waals surface area contributed by atoms with E-state index < -0.39 is 0 Å². The van der Waals surface area contributed by atoms with E-state index in [9.17, 15) is 9.90 Å². The highest BCUT2D eigenvalue weighted by Gasteiger charge is 2.19. The molecule has 6 heteroatoms. The smallest absolute Gasteiger partial charge is 0.336 e. The van der Waals surface area contributed by atoms with Gasteiger partial charge in [-0.1, -0.05) is 13.0 Å². The Morgan fingerprint density at radius 3 is 2.48 bits per heavy atom. The second-order valence-electron chi connectivity index (χ2n) is 7.05. The molecule has 0 saturated carbocycles. The van der Waals surface area contributed by atoms with Gasteiger partial charge in [-0.3, -0.25) is 9.80 Å². The molecule has 0 unspecified atom stereocenters. The largest absolute Gasteiger partial charge is 0.508 e. The number of phenols is 1. The number of phenolic OH excluding ortho intramolecular Hbond substituents is 1. The minimum atomic E-state index is -0.363. The predicted molar refractivity (Wildman–Crippen MR) is 108 cm³/mol. The summed E-state index contributed by atoms with van der Waals surface area (Å²) in [5.41, 5.74) is 1.95. The quantitative estimate of drug-likeness (QED) is 0.683. The van der Waals surface area contributed by atoms with Gasteiger partial charge in [0, 0.05) is 61.7 Å². The van der Waals surface area contributed by atoms with Gasteiger partial charge < -0.3 is 9.52 Å². The van der Waals surface area contributed by atoms with Crippen molar-refractivity contribution >= 4 is 22.3 Å². The van der Waals surface area contributed by atoms with Crippen LogP contribution >= 0.6 is 11.3 Å². The first kappa shape index (κ1) is 18.2. The molecular weight excluding hydrogens is 360 g/mol. The summed E-state index contributed by atoms with van der Waals surface area (Å²) in [7, 11) is 0. The molecule has 0 spiro atoms. The molecule has 3 heterocycles. The summed E-state index contributed by atoms with van der Waals surface area (Å²) in [6.07, 6.45) is 0.738. The molecule has 0 bridgehead atoms. The monoisotopic (exact) mass is 384 g/mol. The van der Waals surface area contributed by atoms with E-state index in [2.05, 4.69) is 27.3 Å². The molecule has 27 heavy (non-hydrogen) atoms. The molecule has 0 atom stereocenters. The van der Waals surface area contributed by atoms with Gasteiger partial charge in [-0.15, -0.1) is 11.3 Å². The molecular formula is C21H24N2O3S. The van der Waals surface area contributed by atoms with Gasteiger partial charge >= 0.3 is 5.63 Å². The van der Waals surface area contributed by atoms with Crippen LogP contribution in [0.1, 0.15) is 22.9 Å². The van der Waals surface area contributed by atoms with Gasteiger partial charge in [0.05, 0.1) is 0 Å². The number of thiophene rings is 1. The maximum absolute atomic E-state index is 12.0. The first-order valence-corrected chi connectivity index (χ1v) is 10.3. The zero-order valence-corrected chi connectivity index (χ0v) is 16.3. The summed E-state index contributed by atoms with van der Waals surface area (Å²) in [6, 6.07) is 9.41. The van der Waals surface area contributed by atoms with Crippen molar-refractivity contribution in [1.29, 1.82) is 0 Å². The Balaban J connectivity index is 1.49. The zero-order valence-electron chi connectivity index (χ0n) is 15.5. The van der Waals surface area contributed by atoms with E-state index in [1.165, 1.54) is 4.88 Å². The summed E-state index contributed by atoms with van der Waals surface area (Å²) in [6.45, 7) is 7.76. The fourth-order valence-corrected chi connectivity index (χ4v) is 4.44. The van der Waals surface area contributed by atoms with Crippen LogP contribution in [0, 0.1) is 0 Å². The molecule has 1 aliphatic rings. The Labute approximate surface area is 162 Å². The van der Waals surface area contributed by atoms with Gasteiger partial charge in [0.1, 0.15) is 11.3 Å². The van der Waals surface area contributed by atoms with Crippen LogP contribution in [-0.4, -0.2) is 41.1 Å². The van der Waals surface area contributed by atoms with Crippen LogP contribution in [0.3, 0.4) is 0 Å². The highest BCUT2D eigenvalue weighted by molar-refractivity contribution is 7.09. The number of fused-ring (bicyclic) bond motifs is 1. The lowest BCUT2D eigenvalue weighted by atomic mass is 10.0. The summed E-state index contributed by atoms with van der Waals surface area (Å²) in [4.78, 5) is 18.2. The Morgan fingerprint density at radius 1 is 1.07 bits per heavy atom. The molecule has 1 fully saturated rings. The van der Waals surface area contributed by atoms with Gasteiger partial charge in [-0.05, 0) is 35.1 Å². The van der Waals surface area contributed by atoms with Crippen molar-refractivity contribution in [3.63, 3.8) is 0 Å². The van der Waals surface area contributed by atoms with E-state index in [4.69, 9.17) is 4.42 Å². The van der Waals surface area contributed by atoms with Crippen molar-refractivity contribution in [3.8, 4) is 5.75 Å². The van der Waals surface area contributed by atoms with Crippen molar-refractivity contribution in [2.24, 2.45) is 0 Å². The fraction of sp³-hybridized carbons (Fsp3) is 0.381. The third kappa shape index (κ3) is 4.08.